The molecule has 3 nitrogen and oxygen atoms in total. The smallest absolute Gasteiger partial charge is 0.263 e. The number of hydrogen-bond donors (Lipinski definition) is 1. The lowest BCUT2D eigenvalue weighted by Gasteiger charge is -2.10. The number of ether oxygens (including phenoxy) is 1. The van der Waals surface area contributed by atoms with E-state index in [4.69, 9.17) is 23.4 Å². The molecule has 102 valence electrons. The predicted molar refractivity (Wildman–Crippen MR) is 92.5 cm³/mol. The summed E-state index contributed by atoms with van der Waals surface area (Å²) in [6.45, 7) is 0.147. The molecule has 0 radical (unpaired) electrons. The predicted octanol–water partition coefficient (Wildman–Crippen LogP) is 3.71. The van der Waals surface area contributed by atoms with Gasteiger partial charge in [-0.15, -0.1) is 6.42 Å². The zero-order valence-electron chi connectivity index (χ0n) is 9.91. The molecule has 0 aromatic heterocycles. The van der Waals surface area contributed by atoms with Gasteiger partial charge >= 0.3 is 0 Å². The molecular formula is C13H7Br2NO2S2. The minimum absolute atomic E-state index is 0.147. The molecule has 0 bridgehead atoms. The van der Waals surface area contributed by atoms with Crippen LogP contribution in [0.5, 0.6) is 5.75 Å². The molecule has 0 unspecified atom stereocenters. The van der Waals surface area contributed by atoms with Crippen molar-refractivity contribution in [2.45, 2.75) is 0 Å². The highest BCUT2D eigenvalue weighted by Gasteiger charge is 2.23. The monoisotopic (exact) mass is 431 g/mol. The first-order chi connectivity index (χ1) is 9.51. The van der Waals surface area contributed by atoms with Gasteiger partial charge in [0.15, 0.2) is 0 Å². The van der Waals surface area contributed by atoms with Gasteiger partial charge in [-0.1, -0.05) is 45.8 Å². The first kappa shape index (κ1) is 15.6. The van der Waals surface area contributed by atoms with Gasteiger partial charge in [-0.3, -0.25) is 4.79 Å². The average Bonchev–Trinajstić information content (AvgIpc) is 2.66. The van der Waals surface area contributed by atoms with E-state index in [2.05, 4.69) is 43.1 Å². The number of thioether (sulfide) groups is 1. The van der Waals surface area contributed by atoms with Crippen LogP contribution in [0, 0.1) is 12.3 Å². The Bertz CT molecular complexity index is 665. The fourth-order valence-electron chi connectivity index (χ4n) is 1.52. The van der Waals surface area contributed by atoms with E-state index in [1.807, 2.05) is 12.1 Å². The molecule has 1 aliphatic rings. The fraction of sp³-hybridized carbons (Fsp3) is 0.0769. The molecule has 1 amide bonds. The largest absolute Gasteiger partial charge is 0.479 e. The third kappa shape index (κ3) is 3.64. The van der Waals surface area contributed by atoms with Crippen LogP contribution in [0.3, 0.4) is 0 Å². The zero-order valence-corrected chi connectivity index (χ0v) is 14.7. The lowest BCUT2D eigenvalue weighted by molar-refractivity contribution is -0.115. The molecule has 1 aromatic rings. The summed E-state index contributed by atoms with van der Waals surface area (Å²) < 4.78 is 7.57. The second-order valence-electron chi connectivity index (χ2n) is 3.65. The Balaban J connectivity index is 2.45. The van der Waals surface area contributed by atoms with Crippen molar-refractivity contribution < 1.29 is 9.53 Å². The van der Waals surface area contributed by atoms with Gasteiger partial charge in [0.1, 0.15) is 16.7 Å². The number of benzene rings is 1. The van der Waals surface area contributed by atoms with Crippen molar-refractivity contribution in [3.63, 3.8) is 0 Å². The van der Waals surface area contributed by atoms with Crippen LogP contribution in [0.1, 0.15) is 5.56 Å². The van der Waals surface area contributed by atoms with E-state index in [1.54, 1.807) is 6.08 Å². The van der Waals surface area contributed by atoms with Gasteiger partial charge in [0.05, 0.1) is 9.38 Å². The number of carbonyl (C=O) groups is 1. The van der Waals surface area contributed by atoms with Gasteiger partial charge in [0.25, 0.3) is 5.91 Å². The first-order valence-electron chi connectivity index (χ1n) is 5.31. The molecule has 1 aliphatic heterocycles. The second-order valence-corrected chi connectivity index (χ2v) is 7.14. The van der Waals surface area contributed by atoms with Gasteiger partial charge in [-0.2, -0.15) is 0 Å². The molecule has 0 aliphatic carbocycles. The van der Waals surface area contributed by atoms with Gasteiger partial charge in [-0.05, 0) is 34.1 Å². The Kier molecular flexibility index (Phi) is 5.27. The van der Waals surface area contributed by atoms with Crippen molar-refractivity contribution in [3.05, 3.63) is 31.5 Å². The molecule has 1 saturated heterocycles. The molecule has 0 atom stereocenters. The topological polar surface area (TPSA) is 38.3 Å². The number of halogens is 2. The highest BCUT2D eigenvalue weighted by molar-refractivity contribution is 9.11. The van der Waals surface area contributed by atoms with Crippen LogP contribution in [-0.4, -0.2) is 16.8 Å². The Labute approximate surface area is 142 Å². The van der Waals surface area contributed by atoms with Gasteiger partial charge in [0, 0.05) is 10.0 Å². The third-order valence-electron chi connectivity index (χ3n) is 2.27. The lowest BCUT2D eigenvalue weighted by atomic mass is 10.2. The number of hydrogen-bond acceptors (Lipinski definition) is 4. The van der Waals surface area contributed by atoms with Gasteiger partial charge in [0.2, 0.25) is 0 Å². The van der Waals surface area contributed by atoms with Crippen LogP contribution in [-0.2, 0) is 4.79 Å². The highest BCUT2D eigenvalue weighted by Crippen LogP contribution is 2.36. The van der Waals surface area contributed by atoms with Crippen molar-refractivity contribution in [2.75, 3.05) is 6.61 Å². The Morgan fingerprint density at radius 2 is 2.25 bits per heavy atom. The Morgan fingerprint density at radius 1 is 1.50 bits per heavy atom. The van der Waals surface area contributed by atoms with E-state index < -0.39 is 0 Å². The SMILES string of the molecule is C#CCOc1c(Br)cc(Br)cc1/C=C1\SC(=S)NC1=O. The number of amides is 1. The van der Waals surface area contributed by atoms with Crippen LogP contribution in [0.25, 0.3) is 6.08 Å². The summed E-state index contributed by atoms with van der Waals surface area (Å²) in [6.07, 6.45) is 6.93. The Morgan fingerprint density at radius 3 is 2.85 bits per heavy atom. The van der Waals surface area contributed by atoms with Crippen molar-refractivity contribution in [2.24, 2.45) is 0 Å². The fourth-order valence-corrected chi connectivity index (χ4v) is 3.92. The van der Waals surface area contributed by atoms with Gasteiger partial charge < -0.3 is 10.1 Å². The number of nitrogens with one attached hydrogen (secondary N) is 1. The average molecular weight is 433 g/mol. The summed E-state index contributed by atoms with van der Waals surface area (Å²) in [7, 11) is 0. The van der Waals surface area contributed by atoms with E-state index >= 15 is 0 Å². The van der Waals surface area contributed by atoms with Crippen LogP contribution in [0.4, 0.5) is 0 Å². The maximum absolute atomic E-state index is 11.7. The molecule has 2 rings (SSSR count). The molecule has 1 fully saturated rings. The van der Waals surface area contributed by atoms with Crippen molar-refractivity contribution in [1.29, 1.82) is 0 Å². The molecule has 1 heterocycles. The van der Waals surface area contributed by atoms with Crippen LogP contribution >= 0.6 is 55.8 Å². The molecule has 0 saturated carbocycles. The number of thiocarbonyl (C=S) groups is 1. The zero-order chi connectivity index (χ0) is 14.7. The summed E-state index contributed by atoms with van der Waals surface area (Å²) in [4.78, 5) is 12.2. The normalized spacial score (nSPS) is 16.1. The number of terminal acetylenes is 1. The molecule has 0 spiro atoms. The molecule has 1 aromatic carbocycles. The summed E-state index contributed by atoms with van der Waals surface area (Å²) >= 11 is 13.0. The molecule has 7 heteroatoms. The maximum Gasteiger partial charge on any atom is 0.263 e. The van der Waals surface area contributed by atoms with Gasteiger partial charge in [-0.25, -0.2) is 0 Å². The molecular weight excluding hydrogens is 426 g/mol. The minimum atomic E-state index is -0.209. The first-order valence-corrected chi connectivity index (χ1v) is 8.12. The quantitative estimate of drug-likeness (QED) is 0.448. The molecule has 1 N–H and O–H groups in total. The van der Waals surface area contributed by atoms with Crippen LogP contribution in [0.2, 0.25) is 0 Å². The van der Waals surface area contributed by atoms with E-state index in [1.165, 1.54) is 11.8 Å². The van der Waals surface area contributed by atoms with E-state index in [0.29, 0.717) is 15.0 Å². The summed E-state index contributed by atoms with van der Waals surface area (Å²) in [5.41, 5.74) is 0.740. The van der Waals surface area contributed by atoms with Crippen molar-refractivity contribution in [1.82, 2.24) is 5.32 Å². The standard InChI is InChI=1S/C13H7Br2NO2S2/c1-2-3-18-11-7(4-8(14)6-9(11)15)5-10-12(17)16-13(19)20-10/h1,4-6H,3H2,(H,16,17,19)/b10-5-. The van der Waals surface area contributed by atoms with E-state index in [0.717, 1.165) is 14.5 Å². The van der Waals surface area contributed by atoms with Crippen molar-refractivity contribution >= 4 is 72.1 Å². The number of rotatable bonds is 3. The van der Waals surface area contributed by atoms with E-state index in [9.17, 15) is 4.79 Å². The van der Waals surface area contributed by atoms with Crippen molar-refractivity contribution in [3.8, 4) is 18.1 Å². The molecule has 20 heavy (non-hydrogen) atoms. The number of carbonyl (C=O) groups excluding carboxylic acids is 1. The summed E-state index contributed by atoms with van der Waals surface area (Å²) in [5.74, 6) is 2.79. The maximum atomic E-state index is 11.7. The summed E-state index contributed by atoms with van der Waals surface area (Å²) in [5, 5.41) is 2.57. The lowest BCUT2D eigenvalue weighted by Crippen LogP contribution is -2.17. The van der Waals surface area contributed by atoms with Crippen LogP contribution in [0.15, 0.2) is 26.0 Å². The summed E-state index contributed by atoms with van der Waals surface area (Å²) in [6, 6.07) is 3.69. The second kappa shape index (κ2) is 6.76. The van der Waals surface area contributed by atoms with E-state index in [-0.39, 0.29) is 12.5 Å². The third-order valence-corrected chi connectivity index (χ3v) is 4.48. The van der Waals surface area contributed by atoms with Crippen LogP contribution < -0.4 is 10.1 Å². The minimum Gasteiger partial charge on any atom is -0.479 e. The Hall–Kier alpha value is -0.810. The highest BCUT2D eigenvalue weighted by atomic mass is 79.9.